The largest absolute Gasteiger partial charge is 0.363 e. The van der Waals surface area contributed by atoms with Gasteiger partial charge in [-0.1, -0.05) is 13.3 Å². The SMILES string of the molecule is CCCCC(=O)NCc1nccc(N(C)C)n1. The van der Waals surface area contributed by atoms with Gasteiger partial charge in [-0.2, -0.15) is 0 Å². The number of amides is 1. The third-order valence-electron chi connectivity index (χ3n) is 2.35. The van der Waals surface area contributed by atoms with Crippen molar-refractivity contribution in [1.29, 1.82) is 0 Å². The Bertz CT molecular complexity index is 365. The Morgan fingerprint density at radius 2 is 2.24 bits per heavy atom. The molecule has 0 radical (unpaired) electrons. The minimum absolute atomic E-state index is 0.0608. The van der Waals surface area contributed by atoms with E-state index >= 15 is 0 Å². The van der Waals surface area contributed by atoms with E-state index in [4.69, 9.17) is 0 Å². The van der Waals surface area contributed by atoms with Gasteiger partial charge in [0.15, 0.2) is 0 Å². The van der Waals surface area contributed by atoms with Crippen LogP contribution in [0.4, 0.5) is 5.82 Å². The van der Waals surface area contributed by atoms with Crippen molar-refractivity contribution in [1.82, 2.24) is 15.3 Å². The van der Waals surface area contributed by atoms with Crippen LogP contribution in [0.5, 0.6) is 0 Å². The predicted molar refractivity (Wildman–Crippen MR) is 67.7 cm³/mol. The molecule has 0 atom stereocenters. The zero-order chi connectivity index (χ0) is 12.7. The number of carbonyl (C=O) groups excluding carboxylic acids is 1. The molecule has 1 heterocycles. The molecule has 0 unspecified atom stereocenters. The summed E-state index contributed by atoms with van der Waals surface area (Å²) < 4.78 is 0. The van der Waals surface area contributed by atoms with E-state index in [1.54, 1.807) is 6.20 Å². The molecule has 0 aliphatic heterocycles. The topological polar surface area (TPSA) is 58.1 Å². The highest BCUT2D eigenvalue weighted by molar-refractivity contribution is 5.75. The van der Waals surface area contributed by atoms with Gasteiger partial charge in [0.2, 0.25) is 5.91 Å². The second kappa shape index (κ2) is 6.83. The van der Waals surface area contributed by atoms with E-state index < -0.39 is 0 Å². The van der Waals surface area contributed by atoms with E-state index in [1.165, 1.54) is 0 Å². The molecule has 5 heteroatoms. The molecule has 1 aromatic heterocycles. The fourth-order valence-electron chi connectivity index (χ4n) is 1.33. The van der Waals surface area contributed by atoms with E-state index in [1.807, 2.05) is 25.1 Å². The van der Waals surface area contributed by atoms with Gasteiger partial charge in [0, 0.05) is 26.7 Å². The third kappa shape index (κ3) is 4.80. The lowest BCUT2D eigenvalue weighted by molar-refractivity contribution is -0.121. The lowest BCUT2D eigenvalue weighted by Gasteiger charge is -2.11. The first-order valence-corrected chi connectivity index (χ1v) is 5.89. The Balaban J connectivity index is 2.46. The molecule has 0 saturated heterocycles. The lowest BCUT2D eigenvalue weighted by Crippen LogP contribution is -2.24. The number of hydrogen-bond acceptors (Lipinski definition) is 4. The molecule has 0 spiro atoms. The smallest absolute Gasteiger partial charge is 0.220 e. The predicted octanol–water partition coefficient (Wildman–Crippen LogP) is 1.35. The minimum Gasteiger partial charge on any atom is -0.363 e. The Morgan fingerprint density at radius 3 is 2.88 bits per heavy atom. The Hall–Kier alpha value is -1.65. The summed E-state index contributed by atoms with van der Waals surface area (Å²) in [5.74, 6) is 1.55. The Kier molecular flexibility index (Phi) is 5.39. The summed E-state index contributed by atoms with van der Waals surface area (Å²) >= 11 is 0. The number of anilines is 1. The Labute approximate surface area is 102 Å². The van der Waals surface area contributed by atoms with Gasteiger partial charge < -0.3 is 10.2 Å². The molecule has 0 aromatic carbocycles. The molecule has 1 aromatic rings. The fourth-order valence-corrected chi connectivity index (χ4v) is 1.33. The molecule has 1 amide bonds. The normalized spacial score (nSPS) is 10.1. The average molecular weight is 236 g/mol. The lowest BCUT2D eigenvalue weighted by atomic mass is 10.2. The van der Waals surface area contributed by atoms with Crippen molar-refractivity contribution < 1.29 is 4.79 Å². The fraction of sp³-hybridized carbons (Fsp3) is 0.583. The van der Waals surface area contributed by atoms with Crippen molar-refractivity contribution in [3.05, 3.63) is 18.1 Å². The minimum atomic E-state index is 0.0608. The summed E-state index contributed by atoms with van der Waals surface area (Å²) in [6, 6.07) is 1.84. The van der Waals surface area contributed by atoms with Crippen LogP contribution in [0.3, 0.4) is 0 Å². The Morgan fingerprint density at radius 1 is 1.47 bits per heavy atom. The van der Waals surface area contributed by atoms with Crippen molar-refractivity contribution in [3.63, 3.8) is 0 Å². The highest BCUT2D eigenvalue weighted by Gasteiger charge is 2.03. The molecule has 0 aliphatic carbocycles. The van der Waals surface area contributed by atoms with Gasteiger partial charge in [-0.25, -0.2) is 9.97 Å². The summed E-state index contributed by atoms with van der Waals surface area (Å²) in [5, 5.41) is 2.82. The molecular weight excluding hydrogens is 216 g/mol. The van der Waals surface area contributed by atoms with Gasteiger partial charge >= 0.3 is 0 Å². The maximum absolute atomic E-state index is 11.4. The second-order valence-electron chi connectivity index (χ2n) is 4.11. The summed E-state index contributed by atoms with van der Waals surface area (Å²) in [4.78, 5) is 21.8. The molecule has 5 nitrogen and oxygen atoms in total. The molecule has 17 heavy (non-hydrogen) atoms. The van der Waals surface area contributed by atoms with Gasteiger partial charge in [0.25, 0.3) is 0 Å². The van der Waals surface area contributed by atoms with Crippen LogP contribution in [0.2, 0.25) is 0 Å². The van der Waals surface area contributed by atoms with Crippen LogP contribution < -0.4 is 10.2 Å². The number of unbranched alkanes of at least 4 members (excludes halogenated alkanes) is 1. The van der Waals surface area contributed by atoms with Crippen molar-refractivity contribution >= 4 is 11.7 Å². The van der Waals surface area contributed by atoms with Crippen LogP contribution in [-0.4, -0.2) is 30.0 Å². The first-order chi connectivity index (χ1) is 8.13. The summed E-state index contributed by atoms with van der Waals surface area (Å²) in [6.45, 7) is 2.46. The molecule has 1 N–H and O–H groups in total. The number of aromatic nitrogens is 2. The monoisotopic (exact) mass is 236 g/mol. The average Bonchev–Trinajstić information content (AvgIpc) is 2.34. The molecule has 1 rings (SSSR count). The second-order valence-corrected chi connectivity index (χ2v) is 4.11. The van der Waals surface area contributed by atoms with Gasteiger partial charge in [0.1, 0.15) is 11.6 Å². The summed E-state index contributed by atoms with van der Waals surface area (Å²) in [7, 11) is 3.85. The zero-order valence-corrected chi connectivity index (χ0v) is 10.7. The number of rotatable bonds is 6. The molecule has 94 valence electrons. The number of nitrogens with zero attached hydrogens (tertiary/aromatic N) is 3. The van der Waals surface area contributed by atoms with Crippen LogP contribution >= 0.6 is 0 Å². The van der Waals surface area contributed by atoms with E-state index in [9.17, 15) is 4.79 Å². The van der Waals surface area contributed by atoms with E-state index in [0.29, 0.717) is 18.8 Å². The highest BCUT2D eigenvalue weighted by atomic mass is 16.1. The third-order valence-corrected chi connectivity index (χ3v) is 2.35. The van der Waals surface area contributed by atoms with E-state index in [0.717, 1.165) is 18.7 Å². The highest BCUT2D eigenvalue weighted by Crippen LogP contribution is 2.05. The maximum Gasteiger partial charge on any atom is 0.220 e. The summed E-state index contributed by atoms with van der Waals surface area (Å²) in [6.07, 6.45) is 4.23. The van der Waals surface area contributed by atoms with Crippen LogP contribution in [0.25, 0.3) is 0 Å². The summed E-state index contributed by atoms with van der Waals surface area (Å²) in [5.41, 5.74) is 0. The number of hydrogen-bond donors (Lipinski definition) is 1. The van der Waals surface area contributed by atoms with Crippen molar-refractivity contribution in [3.8, 4) is 0 Å². The van der Waals surface area contributed by atoms with E-state index in [2.05, 4.69) is 22.2 Å². The zero-order valence-electron chi connectivity index (χ0n) is 10.7. The van der Waals surface area contributed by atoms with E-state index in [-0.39, 0.29) is 5.91 Å². The van der Waals surface area contributed by atoms with Crippen molar-refractivity contribution in [2.24, 2.45) is 0 Å². The molecule has 0 fully saturated rings. The van der Waals surface area contributed by atoms with Crippen LogP contribution in [0, 0.1) is 0 Å². The maximum atomic E-state index is 11.4. The van der Waals surface area contributed by atoms with Crippen LogP contribution in [0.1, 0.15) is 32.0 Å². The number of nitrogens with one attached hydrogen (secondary N) is 1. The molecule has 0 saturated carbocycles. The molecular formula is C12H20N4O. The van der Waals surface area contributed by atoms with Crippen LogP contribution in [0.15, 0.2) is 12.3 Å². The molecule has 0 bridgehead atoms. The first kappa shape index (κ1) is 13.4. The van der Waals surface area contributed by atoms with Crippen molar-refractivity contribution in [2.45, 2.75) is 32.7 Å². The van der Waals surface area contributed by atoms with Gasteiger partial charge in [-0.15, -0.1) is 0 Å². The van der Waals surface area contributed by atoms with Crippen molar-refractivity contribution in [2.75, 3.05) is 19.0 Å². The quantitative estimate of drug-likeness (QED) is 0.810. The first-order valence-electron chi connectivity index (χ1n) is 5.89. The van der Waals surface area contributed by atoms with Gasteiger partial charge in [0.05, 0.1) is 6.54 Å². The van der Waals surface area contributed by atoms with Gasteiger partial charge in [-0.3, -0.25) is 4.79 Å². The van der Waals surface area contributed by atoms with Gasteiger partial charge in [-0.05, 0) is 12.5 Å². The molecule has 0 aliphatic rings. The number of carbonyl (C=O) groups is 1. The standard InChI is InChI=1S/C12H20N4O/c1-4-5-6-12(17)14-9-10-13-8-7-11(15-10)16(2)3/h7-8H,4-6,9H2,1-3H3,(H,14,17). The van der Waals surface area contributed by atoms with Crippen LogP contribution in [-0.2, 0) is 11.3 Å².